The molecule has 18 nitrogen and oxygen atoms in total. The van der Waals surface area contributed by atoms with Crippen LogP contribution in [0.5, 0.6) is 0 Å². The van der Waals surface area contributed by atoms with Gasteiger partial charge in [0.05, 0.1) is 24.2 Å². The van der Waals surface area contributed by atoms with Crippen LogP contribution in [-0.4, -0.2) is 133 Å². The summed E-state index contributed by atoms with van der Waals surface area (Å²) in [5, 5.41) is 24.6. The first-order chi connectivity index (χ1) is 37.7. The monoisotopic (exact) mass is 1070 g/mol. The molecule has 8 N–H and O–H groups in total. The molecule has 418 valence electrons. The molecule has 3 aromatic carbocycles. The summed E-state index contributed by atoms with van der Waals surface area (Å²) in [7, 11) is 3.37. The Bertz CT molecular complexity index is 2510. The smallest absolute Gasteiger partial charge is 0.251 e. The average Bonchev–Trinajstić information content (AvgIpc) is 4.34. The Morgan fingerprint density at radius 1 is 0.474 bits per heavy atom. The lowest BCUT2D eigenvalue weighted by molar-refractivity contribution is -0.143. The molecule has 0 aromatic heterocycles. The van der Waals surface area contributed by atoms with E-state index in [2.05, 4.69) is 54.7 Å². The Morgan fingerprint density at radius 3 is 1.22 bits per heavy atom. The van der Waals surface area contributed by atoms with Crippen LogP contribution in [0, 0.1) is 11.8 Å². The number of hydrogen-bond donors (Lipinski definition) is 8. The van der Waals surface area contributed by atoms with E-state index in [1.54, 1.807) is 62.0 Å². The van der Waals surface area contributed by atoms with Crippen molar-refractivity contribution in [2.24, 2.45) is 11.8 Å². The fraction of sp³-hybridized carbons (Fsp3) is 0.567. The zero-order valence-electron chi connectivity index (χ0n) is 45.7. The number of hydrogen-bond acceptors (Lipinski definition) is 10. The van der Waals surface area contributed by atoms with Crippen molar-refractivity contribution in [2.75, 3.05) is 27.2 Å². The summed E-state index contributed by atoms with van der Waals surface area (Å²) >= 11 is 0. The second kappa shape index (κ2) is 25.4. The van der Waals surface area contributed by atoms with E-state index in [-0.39, 0.29) is 96.4 Å². The van der Waals surface area contributed by atoms with Gasteiger partial charge in [0.25, 0.3) is 11.8 Å². The van der Waals surface area contributed by atoms with Crippen molar-refractivity contribution in [3.8, 4) is 0 Å². The molecule has 8 amide bonds. The minimum atomic E-state index is -0.906. The molecule has 0 bridgehead atoms. The predicted molar refractivity (Wildman–Crippen MR) is 295 cm³/mol. The van der Waals surface area contributed by atoms with Crippen molar-refractivity contribution in [1.82, 2.24) is 52.3 Å². The summed E-state index contributed by atoms with van der Waals surface area (Å²) in [5.74, 6) is -2.99. The zero-order chi connectivity index (χ0) is 55.0. The van der Waals surface area contributed by atoms with Gasteiger partial charge in [-0.3, -0.25) is 38.4 Å². The summed E-state index contributed by atoms with van der Waals surface area (Å²) in [5.41, 5.74) is 5.01. The summed E-state index contributed by atoms with van der Waals surface area (Å²) in [6.45, 7) is 3.58. The molecule has 0 spiro atoms. The van der Waals surface area contributed by atoms with Gasteiger partial charge < -0.3 is 52.3 Å². The highest BCUT2D eigenvalue weighted by molar-refractivity contribution is 5.99. The quantitative estimate of drug-likeness (QED) is 0.0910. The van der Waals surface area contributed by atoms with Crippen molar-refractivity contribution >= 4 is 47.3 Å². The van der Waals surface area contributed by atoms with E-state index >= 15 is 0 Å². The maximum atomic E-state index is 14.8. The minimum Gasteiger partial charge on any atom is -0.347 e. The van der Waals surface area contributed by atoms with Crippen LogP contribution in [0.3, 0.4) is 0 Å². The zero-order valence-corrected chi connectivity index (χ0v) is 45.7. The van der Waals surface area contributed by atoms with Crippen LogP contribution < -0.4 is 42.5 Å². The highest BCUT2D eigenvalue weighted by Gasteiger charge is 2.47. The van der Waals surface area contributed by atoms with Gasteiger partial charge in [-0.05, 0) is 163 Å². The number of carbonyl (C=O) groups excluding carboxylic acids is 8. The lowest BCUT2D eigenvalue weighted by Crippen LogP contribution is -2.58. The molecule has 78 heavy (non-hydrogen) atoms. The second-order valence-electron chi connectivity index (χ2n) is 22.8. The van der Waals surface area contributed by atoms with Crippen molar-refractivity contribution in [1.29, 1.82) is 0 Å². The molecular weight excluding hydrogens is 989 g/mol. The van der Waals surface area contributed by atoms with Crippen molar-refractivity contribution in [3.05, 3.63) is 106 Å². The minimum absolute atomic E-state index is 0.0573. The maximum Gasteiger partial charge on any atom is 0.251 e. The number of likely N-dealkylation sites (N-methyl/N-ethyl adjacent to an activating group) is 2. The Morgan fingerprint density at radius 2 is 0.846 bits per heavy atom. The molecule has 0 radical (unpaired) electrons. The second-order valence-corrected chi connectivity index (χ2v) is 22.8. The molecule has 2 aliphatic heterocycles. The highest BCUT2D eigenvalue weighted by Crippen LogP contribution is 2.35. The number of aryl methyl sites for hydroxylation is 2. The largest absolute Gasteiger partial charge is 0.347 e. The number of nitrogens with one attached hydrogen (secondary N) is 8. The van der Waals surface area contributed by atoms with Crippen LogP contribution in [0.4, 0.5) is 0 Å². The molecule has 3 aromatic rings. The molecule has 10 atom stereocenters. The summed E-state index contributed by atoms with van der Waals surface area (Å²) in [6, 6.07) is 16.1. The first-order valence-corrected chi connectivity index (χ1v) is 28.8. The normalized spacial score (nSPS) is 24.7. The predicted octanol–water partition coefficient (Wildman–Crippen LogP) is 4.04. The van der Waals surface area contributed by atoms with Gasteiger partial charge in [-0.15, -0.1) is 0 Å². The Balaban J connectivity index is 0.889. The molecule has 2 saturated heterocycles. The number of carbonyl (C=O) groups is 8. The number of likely N-dealkylation sites (tertiary alicyclic amines) is 2. The summed E-state index contributed by atoms with van der Waals surface area (Å²) in [6.07, 6.45) is 12.3. The summed E-state index contributed by atoms with van der Waals surface area (Å²) < 4.78 is 0. The van der Waals surface area contributed by atoms with Crippen molar-refractivity contribution in [2.45, 2.75) is 177 Å². The van der Waals surface area contributed by atoms with E-state index in [4.69, 9.17) is 0 Å². The third-order valence-corrected chi connectivity index (χ3v) is 17.7. The highest BCUT2D eigenvalue weighted by atomic mass is 16.2. The topological polar surface area (TPSA) is 239 Å². The SMILES string of the molecule is CN[C@@H](C)C(=O)N[C@H](C(=O)N1C[C@@H](NC(=O)c2ccc(C(=O)N[C@H]3C[C@@H](C(=O)N[C@@H]4CCCc5ccccc54)N(C(=O)[C@@H](NC(=O)[C@H](C)NC)C4CCCC4)C3)cc2)C[C@H]1C(=O)N[C@@H]1CCCc2ccccc21)C1CCCC1. The van der Waals surface area contributed by atoms with Gasteiger partial charge in [0.1, 0.15) is 24.2 Å². The van der Waals surface area contributed by atoms with Gasteiger partial charge in [-0.1, -0.05) is 74.2 Å². The average molecular weight is 1070 g/mol. The van der Waals surface area contributed by atoms with E-state index in [1.165, 1.54) is 11.1 Å². The van der Waals surface area contributed by atoms with Gasteiger partial charge in [-0.2, -0.15) is 0 Å². The lowest BCUT2D eigenvalue weighted by atomic mass is 9.87. The number of amides is 8. The molecular formula is C60H80N10O8. The van der Waals surface area contributed by atoms with Crippen LogP contribution in [0.2, 0.25) is 0 Å². The van der Waals surface area contributed by atoms with Gasteiger partial charge in [0.15, 0.2) is 0 Å². The van der Waals surface area contributed by atoms with Crippen molar-refractivity contribution in [3.63, 3.8) is 0 Å². The molecule has 18 heteroatoms. The van der Waals surface area contributed by atoms with E-state index in [0.717, 1.165) is 101 Å². The van der Waals surface area contributed by atoms with Crippen molar-refractivity contribution < 1.29 is 38.4 Å². The van der Waals surface area contributed by atoms with E-state index in [9.17, 15) is 38.4 Å². The van der Waals surface area contributed by atoms with Crippen LogP contribution >= 0.6 is 0 Å². The third kappa shape index (κ3) is 12.8. The number of nitrogens with zero attached hydrogens (tertiary/aromatic N) is 2. The molecule has 0 unspecified atom stereocenters. The van der Waals surface area contributed by atoms with Gasteiger partial charge in [-0.25, -0.2) is 0 Å². The van der Waals surface area contributed by atoms with Crippen LogP contribution in [0.1, 0.15) is 159 Å². The van der Waals surface area contributed by atoms with Gasteiger partial charge in [0, 0.05) is 36.3 Å². The van der Waals surface area contributed by atoms with E-state index < -0.39 is 60.1 Å². The van der Waals surface area contributed by atoms with Crippen LogP contribution in [0.15, 0.2) is 72.8 Å². The number of fused-ring (bicyclic) bond motifs is 2. The fourth-order valence-corrected chi connectivity index (χ4v) is 13.0. The van der Waals surface area contributed by atoms with E-state index in [1.807, 2.05) is 36.4 Å². The fourth-order valence-electron chi connectivity index (χ4n) is 13.0. The molecule has 2 heterocycles. The first kappa shape index (κ1) is 56.1. The molecule has 6 aliphatic rings. The molecule has 2 saturated carbocycles. The maximum absolute atomic E-state index is 14.8. The Hall–Kier alpha value is -6.66. The Kier molecular flexibility index (Phi) is 18.3. The van der Waals surface area contributed by atoms with Crippen LogP contribution in [-0.2, 0) is 41.6 Å². The molecule has 9 rings (SSSR count). The number of benzene rings is 3. The third-order valence-electron chi connectivity index (χ3n) is 17.7. The summed E-state index contributed by atoms with van der Waals surface area (Å²) in [4.78, 5) is 116. The molecule has 4 aliphatic carbocycles. The molecule has 4 fully saturated rings. The first-order valence-electron chi connectivity index (χ1n) is 28.8. The van der Waals surface area contributed by atoms with E-state index in [0.29, 0.717) is 0 Å². The van der Waals surface area contributed by atoms with Gasteiger partial charge in [0.2, 0.25) is 35.4 Å². The number of rotatable bonds is 18. The Labute approximate surface area is 458 Å². The lowest BCUT2D eigenvalue weighted by Gasteiger charge is -2.33. The van der Waals surface area contributed by atoms with Gasteiger partial charge >= 0.3 is 0 Å². The van der Waals surface area contributed by atoms with Crippen LogP contribution in [0.25, 0.3) is 0 Å². The standard InChI is InChI=1S/C60H80N10O8/c1-35(61-3)53(71)67-51(39-17-5-6-18-39)59(77)69-33-43(31-49(69)57(75)65-47-25-13-21-37-15-9-11-23-45(37)47)63-55(73)41-27-29-42(30-28-41)56(74)64-44-32-50(58(76)66-48-26-14-22-38-16-10-12-24-46(38)48)70(34-44)60(78)52(40-19-7-8-20-40)68-54(72)36(2)62-4/h9-12,15-16,23-24,27-30,35-36,39-40,43-44,47-52,61-62H,5-8,13-14,17-22,25-26,31-34H2,1-4H3,(H,63,73)(H,64,74)(H,65,75)(H,66,76)(H,67,71)(H,68,72)/t35-,36-,43-,44-,47+,48+,49-,50-,51-,52-/m0/s1.